The highest BCUT2D eigenvalue weighted by atomic mass is 32.1. The fraction of sp³-hybridized carbons (Fsp3) is 0.235. The first-order valence-corrected chi connectivity index (χ1v) is 8.16. The predicted octanol–water partition coefficient (Wildman–Crippen LogP) is 2.12. The van der Waals surface area contributed by atoms with E-state index in [4.69, 9.17) is 10.5 Å². The topological polar surface area (TPSA) is 89.7 Å². The Morgan fingerprint density at radius 3 is 2.42 bits per heavy atom. The second kappa shape index (κ2) is 8.26. The minimum absolute atomic E-state index is 0.0265. The highest BCUT2D eigenvalue weighted by Gasteiger charge is 2.19. The summed E-state index contributed by atoms with van der Waals surface area (Å²) in [6.07, 6.45) is 0.0265. The maximum absolute atomic E-state index is 12.4. The highest BCUT2D eigenvalue weighted by Crippen LogP contribution is 2.17. The average Bonchev–Trinajstić information content (AvgIpc) is 3.00. The maximum atomic E-state index is 12.4. The molecular weight excluding hydrogens is 328 g/mol. The second-order valence-electron chi connectivity index (χ2n) is 5.08. The SMILES string of the molecule is Cc1ccc(C(=O)OCC(=O)N(CCC(N)=O)c2ccccc2)s1. The summed E-state index contributed by atoms with van der Waals surface area (Å²) in [5.74, 6) is -1.46. The van der Waals surface area contributed by atoms with Gasteiger partial charge < -0.3 is 15.4 Å². The van der Waals surface area contributed by atoms with Crippen LogP contribution in [0.5, 0.6) is 0 Å². The number of carbonyl (C=O) groups excluding carboxylic acids is 3. The summed E-state index contributed by atoms with van der Waals surface area (Å²) < 4.78 is 5.08. The van der Waals surface area contributed by atoms with Crippen molar-refractivity contribution in [1.29, 1.82) is 0 Å². The van der Waals surface area contributed by atoms with E-state index in [0.29, 0.717) is 10.6 Å². The normalized spacial score (nSPS) is 10.2. The van der Waals surface area contributed by atoms with E-state index in [1.807, 2.05) is 19.1 Å². The number of esters is 1. The zero-order valence-electron chi connectivity index (χ0n) is 13.2. The summed E-state index contributed by atoms with van der Waals surface area (Å²) in [7, 11) is 0. The maximum Gasteiger partial charge on any atom is 0.348 e. The Morgan fingerprint density at radius 2 is 1.83 bits per heavy atom. The lowest BCUT2D eigenvalue weighted by atomic mass is 10.2. The molecule has 1 aromatic carbocycles. The van der Waals surface area contributed by atoms with E-state index in [0.717, 1.165) is 4.88 Å². The van der Waals surface area contributed by atoms with Crippen LogP contribution >= 0.6 is 11.3 Å². The van der Waals surface area contributed by atoms with E-state index >= 15 is 0 Å². The molecular formula is C17H18N2O4S. The fourth-order valence-electron chi connectivity index (χ4n) is 2.05. The third-order valence-electron chi connectivity index (χ3n) is 3.22. The van der Waals surface area contributed by atoms with Gasteiger partial charge in [-0.1, -0.05) is 18.2 Å². The van der Waals surface area contributed by atoms with Gasteiger partial charge in [0, 0.05) is 23.5 Å². The smallest absolute Gasteiger partial charge is 0.348 e. The molecule has 6 nitrogen and oxygen atoms in total. The summed E-state index contributed by atoms with van der Waals surface area (Å²) in [5.41, 5.74) is 5.78. The van der Waals surface area contributed by atoms with Gasteiger partial charge in [-0.25, -0.2) is 4.79 Å². The Bertz CT molecular complexity index is 727. The first-order chi connectivity index (χ1) is 11.5. The van der Waals surface area contributed by atoms with E-state index in [2.05, 4.69) is 0 Å². The van der Waals surface area contributed by atoms with Gasteiger partial charge >= 0.3 is 5.97 Å². The first-order valence-electron chi connectivity index (χ1n) is 7.34. The van der Waals surface area contributed by atoms with Gasteiger partial charge in [0.2, 0.25) is 5.91 Å². The molecule has 0 aliphatic carbocycles. The molecule has 0 bridgehead atoms. The fourth-order valence-corrected chi connectivity index (χ4v) is 2.81. The number of carbonyl (C=O) groups is 3. The number of rotatable bonds is 7. The van der Waals surface area contributed by atoms with Crippen molar-refractivity contribution in [2.75, 3.05) is 18.1 Å². The number of para-hydroxylation sites is 1. The quantitative estimate of drug-likeness (QED) is 0.778. The zero-order chi connectivity index (χ0) is 17.5. The largest absolute Gasteiger partial charge is 0.451 e. The Labute approximate surface area is 143 Å². The number of amides is 2. The van der Waals surface area contributed by atoms with Gasteiger partial charge in [0.25, 0.3) is 5.91 Å². The van der Waals surface area contributed by atoms with Gasteiger partial charge in [-0.15, -0.1) is 11.3 Å². The minimum atomic E-state index is -0.538. The molecule has 1 heterocycles. The third-order valence-corrected chi connectivity index (χ3v) is 4.20. The highest BCUT2D eigenvalue weighted by molar-refractivity contribution is 7.13. The van der Waals surface area contributed by atoms with Gasteiger partial charge in [0.1, 0.15) is 4.88 Å². The molecule has 126 valence electrons. The molecule has 7 heteroatoms. The zero-order valence-corrected chi connectivity index (χ0v) is 14.0. The molecule has 2 rings (SSSR count). The Morgan fingerprint density at radius 1 is 1.12 bits per heavy atom. The van der Waals surface area contributed by atoms with Crippen LogP contribution in [0.3, 0.4) is 0 Å². The van der Waals surface area contributed by atoms with E-state index in [1.165, 1.54) is 16.2 Å². The standard InChI is InChI=1S/C17H18N2O4S/c1-12-7-8-14(24-12)17(22)23-11-16(21)19(10-9-15(18)20)13-5-3-2-4-6-13/h2-8H,9-11H2,1H3,(H2,18,20). The van der Waals surface area contributed by atoms with Crippen LogP contribution in [0, 0.1) is 6.92 Å². The summed E-state index contributed by atoms with van der Waals surface area (Å²) >= 11 is 1.31. The minimum Gasteiger partial charge on any atom is -0.451 e. The van der Waals surface area contributed by atoms with Crippen LogP contribution in [0.25, 0.3) is 0 Å². The van der Waals surface area contributed by atoms with Crippen LogP contribution in [0.15, 0.2) is 42.5 Å². The third kappa shape index (κ3) is 4.92. The van der Waals surface area contributed by atoms with E-state index in [-0.39, 0.29) is 13.0 Å². The van der Waals surface area contributed by atoms with Crippen LogP contribution in [-0.2, 0) is 14.3 Å². The van der Waals surface area contributed by atoms with E-state index in [9.17, 15) is 14.4 Å². The van der Waals surface area contributed by atoms with Crippen molar-refractivity contribution in [2.24, 2.45) is 5.73 Å². The van der Waals surface area contributed by atoms with Gasteiger partial charge in [0.15, 0.2) is 6.61 Å². The molecule has 1 aromatic heterocycles. The van der Waals surface area contributed by atoms with Gasteiger partial charge in [-0.2, -0.15) is 0 Å². The molecule has 0 aliphatic heterocycles. The van der Waals surface area contributed by atoms with E-state index in [1.54, 1.807) is 30.3 Å². The number of primary amides is 1. The van der Waals surface area contributed by atoms with Crippen molar-refractivity contribution >= 4 is 34.8 Å². The molecule has 0 fully saturated rings. The van der Waals surface area contributed by atoms with Crippen molar-refractivity contribution < 1.29 is 19.1 Å². The molecule has 0 radical (unpaired) electrons. The lowest BCUT2D eigenvalue weighted by Gasteiger charge is -2.22. The van der Waals surface area contributed by atoms with Crippen molar-refractivity contribution in [3.63, 3.8) is 0 Å². The number of aryl methyl sites for hydroxylation is 1. The summed E-state index contributed by atoms with van der Waals surface area (Å²) in [6, 6.07) is 12.3. The Balaban J connectivity index is 2.01. The molecule has 0 aliphatic rings. The summed E-state index contributed by atoms with van der Waals surface area (Å²) in [4.78, 5) is 38.2. The van der Waals surface area contributed by atoms with Crippen molar-refractivity contribution in [1.82, 2.24) is 0 Å². The molecule has 0 spiro atoms. The van der Waals surface area contributed by atoms with Crippen molar-refractivity contribution in [3.8, 4) is 0 Å². The van der Waals surface area contributed by atoms with E-state index < -0.39 is 24.4 Å². The van der Waals surface area contributed by atoms with Crippen LogP contribution in [-0.4, -0.2) is 30.9 Å². The van der Waals surface area contributed by atoms with Crippen LogP contribution in [0.2, 0.25) is 0 Å². The van der Waals surface area contributed by atoms with Crippen molar-refractivity contribution in [3.05, 3.63) is 52.2 Å². The number of anilines is 1. The number of hydrogen-bond donors (Lipinski definition) is 1. The molecule has 2 N–H and O–H groups in total. The first kappa shape index (κ1) is 17.7. The van der Waals surface area contributed by atoms with Gasteiger partial charge in [0.05, 0.1) is 0 Å². The molecule has 2 aromatic rings. The molecule has 24 heavy (non-hydrogen) atoms. The Hall–Kier alpha value is -2.67. The number of benzene rings is 1. The van der Waals surface area contributed by atoms with Gasteiger partial charge in [-0.3, -0.25) is 9.59 Å². The van der Waals surface area contributed by atoms with Crippen LogP contribution in [0.1, 0.15) is 21.0 Å². The molecule has 0 saturated carbocycles. The van der Waals surface area contributed by atoms with Crippen LogP contribution < -0.4 is 10.6 Å². The summed E-state index contributed by atoms with van der Waals surface area (Å²) in [6.45, 7) is 1.62. The molecule has 2 amide bonds. The number of nitrogens with two attached hydrogens (primary N) is 1. The molecule has 0 saturated heterocycles. The van der Waals surface area contributed by atoms with Crippen molar-refractivity contribution in [2.45, 2.75) is 13.3 Å². The number of nitrogens with zero attached hydrogens (tertiary/aromatic N) is 1. The monoisotopic (exact) mass is 346 g/mol. The predicted molar refractivity (Wildman–Crippen MR) is 91.9 cm³/mol. The second-order valence-corrected chi connectivity index (χ2v) is 6.37. The average molecular weight is 346 g/mol. The number of hydrogen-bond acceptors (Lipinski definition) is 5. The summed E-state index contributed by atoms with van der Waals surface area (Å²) in [5, 5.41) is 0. The molecule has 0 unspecified atom stereocenters. The number of ether oxygens (including phenoxy) is 1. The Kier molecular flexibility index (Phi) is 6.08. The van der Waals surface area contributed by atoms with Crippen LogP contribution in [0.4, 0.5) is 5.69 Å². The lowest BCUT2D eigenvalue weighted by molar-refractivity contribution is -0.121. The molecule has 0 atom stereocenters. The van der Waals surface area contributed by atoms with Gasteiger partial charge in [-0.05, 0) is 31.2 Å². The number of thiophene rings is 1. The lowest BCUT2D eigenvalue weighted by Crippen LogP contribution is -2.37.